The number of likely N-dealkylation sites (tertiary alicyclic amines) is 1. The third-order valence-electron chi connectivity index (χ3n) is 4.35. The van der Waals surface area contributed by atoms with E-state index in [1.807, 2.05) is 12.3 Å². The maximum atomic E-state index is 12.2. The number of piperidine rings is 1. The molecule has 0 aromatic carbocycles. The zero-order valence-electron chi connectivity index (χ0n) is 12.3. The molecule has 2 atom stereocenters. The molecule has 20 heavy (non-hydrogen) atoms. The van der Waals surface area contributed by atoms with Gasteiger partial charge in [-0.1, -0.05) is 6.42 Å². The first-order valence-electron chi connectivity index (χ1n) is 7.29. The molecule has 5 heteroatoms. The first-order chi connectivity index (χ1) is 9.56. The van der Waals surface area contributed by atoms with Gasteiger partial charge in [0.15, 0.2) is 4.96 Å². The third-order valence-corrected chi connectivity index (χ3v) is 5.29. The number of hydrogen-bond donors (Lipinski definition) is 0. The fourth-order valence-electron chi connectivity index (χ4n) is 3.16. The Balaban J connectivity index is 1.92. The van der Waals surface area contributed by atoms with Gasteiger partial charge < -0.3 is 0 Å². The number of hydrogen-bond acceptors (Lipinski definition) is 4. The largest absolute Gasteiger partial charge is 0.292 e. The van der Waals surface area contributed by atoms with Gasteiger partial charge in [0.25, 0.3) is 5.56 Å². The lowest BCUT2D eigenvalue weighted by molar-refractivity contribution is 0.0938. The standard InChI is InChI=1S/C15H21N3OS/c1-10-5-4-6-11(2)17(10)8-13-7-14(19)18-12(3)9-20-15(18)16-13/h7,9-11H,4-6,8H2,1-3H3. The van der Waals surface area contributed by atoms with Crippen LogP contribution in [-0.4, -0.2) is 26.4 Å². The van der Waals surface area contributed by atoms with Crippen LogP contribution in [0.4, 0.5) is 0 Å². The van der Waals surface area contributed by atoms with Crippen LogP contribution < -0.4 is 5.56 Å². The van der Waals surface area contributed by atoms with Crippen LogP contribution in [0.25, 0.3) is 4.96 Å². The smallest absolute Gasteiger partial charge is 0.259 e. The van der Waals surface area contributed by atoms with E-state index in [-0.39, 0.29) is 5.56 Å². The Labute approximate surface area is 123 Å². The first kappa shape index (κ1) is 13.8. The van der Waals surface area contributed by atoms with Crippen molar-refractivity contribution >= 4 is 16.3 Å². The highest BCUT2D eigenvalue weighted by molar-refractivity contribution is 7.15. The van der Waals surface area contributed by atoms with Crippen LogP contribution in [0.1, 0.15) is 44.5 Å². The van der Waals surface area contributed by atoms with Gasteiger partial charge in [0.2, 0.25) is 0 Å². The van der Waals surface area contributed by atoms with Gasteiger partial charge >= 0.3 is 0 Å². The molecule has 1 aliphatic rings. The van der Waals surface area contributed by atoms with E-state index in [2.05, 4.69) is 23.7 Å². The summed E-state index contributed by atoms with van der Waals surface area (Å²) in [6.45, 7) is 7.28. The highest BCUT2D eigenvalue weighted by atomic mass is 32.1. The first-order valence-corrected chi connectivity index (χ1v) is 8.17. The highest BCUT2D eigenvalue weighted by Gasteiger charge is 2.25. The van der Waals surface area contributed by atoms with Gasteiger partial charge in [-0.05, 0) is 33.6 Å². The number of aryl methyl sites for hydroxylation is 1. The minimum Gasteiger partial charge on any atom is -0.292 e. The molecule has 0 spiro atoms. The second-order valence-corrected chi connectivity index (χ2v) is 6.72. The molecule has 1 saturated heterocycles. The zero-order valence-corrected chi connectivity index (χ0v) is 13.1. The number of fused-ring (bicyclic) bond motifs is 1. The molecule has 4 nitrogen and oxygen atoms in total. The number of nitrogens with zero attached hydrogens (tertiary/aromatic N) is 3. The molecule has 1 aliphatic heterocycles. The van der Waals surface area contributed by atoms with E-state index < -0.39 is 0 Å². The summed E-state index contributed by atoms with van der Waals surface area (Å²) in [4.78, 5) is 20.1. The van der Waals surface area contributed by atoms with E-state index in [0.29, 0.717) is 12.1 Å². The van der Waals surface area contributed by atoms with Crippen LogP contribution in [0.2, 0.25) is 0 Å². The van der Waals surface area contributed by atoms with Crippen molar-refractivity contribution in [2.75, 3.05) is 0 Å². The molecule has 0 bridgehead atoms. The Hall–Kier alpha value is -1.20. The van der Waals surface area contributed by atoms with Crippen LogP contribution in [0.15, 0.2) is 16.2 Å². The van der Waals surface area contributed by atoms with Gasteiger partial charge in [0.1, 0.15) is 0 Å². The van der Waals surface area contributed by atoms with Gasteiger partial charge in [-0.3, -0.25) is 14.1 Å². The monoisotopic (exact) mass is 291 g/mol. The van der Waals surface area contributed by atoms with Gasteiger partial charge in [0.05, 0.1) is 5.69 Å². The molecule has 0 N–H and O–H groups in total. The van der Waals surface area contributed by atoms with Crippen molar-refractivity contribution in [2.24, 2.45) is 0 Å². The predicted octanol–water partition coefficient (Wildman–Crippen LogP) is 2.83. The maximum absolute atomic E-state index is 12.2. The van der Waals surface area contributed by atoms with Crippen molar-refractivity contribution in [1.82, 2.24) is 14.3 Å². The minimum atomic E-state index is 0.0427. The Kier molecular flexibility index (Phi) is 3.65. The molecule has 0 aliphatic carbocycles. The Morgan fingerprint density at radius 2 is 2.05 bits per heavy atom. The SMILES string of the molecule is Cc1csc2nc(CN3C(C)CCCC3C)cc(=O)n12. The maximum Gasteiger partial charge on any atom is 0.259 e. The van der Waals surface area contributed by atoms with E-state index in [0.717, 1.165) is 22.9 Å². The van der Waals surface area contributed by atoms with Gasteiger partial charge in [-0.2, -0.15) is 0 Å². The Morgan fingerprint density at radius 3 is 2.75 bits per heavy atom. The van der Waals surface area contributed by atoms with Crippen molar-refractivity contribution in [3.05, 3.63) is 33.2 Å². The Morgan fingerprint density at radius 1 is 1.35 bits per heavy atom. The summed E-state index contributed by atoms with van der Waals surface area (Å²) in [6.07, 6.45) is 3.78. The minimum absolute atomic E-state index is 0.0427. The molecule has 1 fully saturated rings. The molecule has 0 saturated carbocycles. The fourth-order valence-corrected chi connectivity index (χ4v) is 4.05. The van der Waals surface area contributed by atoms with Gasteiger partial charge in [0, 0.05) is 35.8 Å². The summed E-state index contributed by atoms with van der Waals surface area (Å²) in [5, 5.41) is 1.99. The molecule has 3 heterocycles. The van der Waals surface area contributed by atoms with Crippen LogP contribution >= 0.6 is 11.3 Å². The van der Waals surface area contributed by atoms with E-state index >= 15 is 0 Å². The summed E-state index contributed by atoms with van der Waals surface area (Å²) in [5.74, 6) is 0. The fraction of sp³-hybridized carbons (Fsp3) is 0.600. The number of rotatable bonds is 2. The quantitative estimate of drug-likeness (QED) is 0.854. The van der Waals surface area contributed by atoms with Crippen LogP contribution in [0.3, 0.4) is 0 Å². The molecular weight excluding hydrogens is 270 g/mol. The number of aromatic nitrogens is 2. The van der Waals surface area contributed by atoms with Crippen LogP contribution in [0.5, 0.6) is 0 Å². The lowest BCUT2D eigenvalue weighted by atomic mass is 9.97. The van der Waals surface area contributed by atoms with Gasteiger partial charge in [-0.15, -0.1) is 11.3 Å². The summed E-state index contributed by atoms with van der Waals surface area (Å²) in [6, 6.07) is 2.84. The lowest BCUT2D eigenvalue weighted by Gasteiger charge is -2.38. The van der Waals surface area contributed by atoms with Crippen molar-refractivity contribution < 1.29 is 0 Å². The van der Waals surface area contributed by atoms with Crippen molar-refractivity contribution in [2.45, 2.75) is 58.7 Å². The molecule has 2 aromatic heterocycles. The predicted molar refractivity (Wildman–Crippen MR) is 82.4 cm³/mol. The average molecular weight is 291 g/mol. The molecule has 3 rings (SSSR count). The third kappa shape index (κ3) is 2.40. The summed E-state index contributed by atoms with van der Waals surface area (Å²) in [5.41, 5.74) is 1.91. The molecule has 2 aromatic rings. The number of thiazole rings is 1. The van der Waals surface area contributed by atoms with E-state index in [1.54, 1.807) is 10.5 Å². The lowest BCUT2D eigenvalue weighted by Crippen LogP contribution is -2.43. The van der Waals surface area contributed by atoms with Crippen molar-refractivity contribution in [3.8, 4) is 0 Å². The van der Waals surface area contributed by atoms with Gasteiger partial charge in [-0.25, -0.2) is 4.98 Å². The van der Waals surface area contributed by atoms with E-state index in [4.69, 9.17) is 0 Å². The average Bonchev–Trinajstić information content (AvgIpc) is 2.76. The summed E-state index contributed by atoms with van der Waals surface area (Å²) >= 11 is 1.54. The normalized spacial score (nSPS) is 24.4. The molecular formula is C15H21N3OS. The summed E-state index contributed by atoms with van der Waals surface area (Å²) < 4.78 is 1.69. The topological polar surface area (TPSA) is 37.6 Å². The molecule has 0 radical (unpaired) electrons. The summed E-state index contributed by atoms with van der Waals surface area (Å²) in [7, 11) is 0. The molecule has 108 valence electrons. The second kappa shape index (κ2) is 5.30. The van der Waals surface area contributed by atoms with E-state index in [9.17, 15) is 4.79 Å². The Bertz CT molecular complexity index is 665. The van der Waals surface area contributed by atoms with E-state index in [1.165, 1.54) is 30.6 Å². The second-order valence-electron chi connectivity index (χ2n) is 5.88. The molecule has 0 amide bonds. The molecule has 2 unspecified atom stereocenters. The van der Waals surface area contributed by atoms with Crippen molar-refractivity contribution in [1.29, 1.82) is 0 Å². The van der Waals surface area contributed by atoms with Crippen molar-refractivity contribution in [3.63, 3.8) is 0 Å². The van der Waals surface area contributed by atoms with Crippen LogP contribution in [-0.2, 0) is 6.54 Å². The zero-order chi connectivity index (χ0) is 14.3. The highest BCUT2D eigenvalue weighted by Crippen LogP contribution is 2.24. The van der Waals surface area contributed by atoms with Crippen LogP contribution in [0, 0.1) is 6.92 Å².